The summed E-state index contributed by atoms with van der Waals surface area (Å²) >= 11 is 0. The molecular weight excluding hydrogens is 438 g/mol. The zero-order valence-corrected chi connectivity index (χ0v) is 19.0. The molecule has 0 spiro atoms. The van der Waals surface area contributed by atoms with Crippen LogP contribution in [0.15, 0.2) is 42.0 Å². The Morgan fingerprint density at radius 3 is 2.56 bits per heavy atom. The summed E-state index contributed by atoms with van der Waals surface area (Å²) in [4.78, 5) is 15.1. The van der Waals surface area contributed by atoms with Crippen molar-refractivity contribution in [2.24, 2.45) is 0 Å². The van der Waals surface area contributed by atoms with E-state index in [1.165, 1.54) is 0 Å². The summed E-state index contributed by atoms with van der Waals surface area (Å²) in [5.41, 5.74) is 2.28. The lowest BCUT2D eigenvalue weighted by molar-refractivity contribution is -0.163. The summed E-state index contributed by atoms with van der Waals surface area (Å²) in [6.07, 6.45) is -3.59. The lowest BCUT2D eigenvalue weighted by atomic mass is 9.96. The fraction of sp³-hybridized carbons (Fsp3) is 0.440. The average Bonchev–Trinajstić information content (AvgIpc) is 2.87. The molecule has 2 saturated heterocycles. The summed E-state index contributed by atoms with van der Waals surface area (Å²) in [5.74, 6) is -0.662. The fourth-order valence-electron chi connectivity index (χ4n) is 4.34. The predicted octanol–water partition coefficient (Wildman–Crippen LogP) is 0.571. The Balaban J connectivity index is 1.53. The molecular formula is C25H29N3O6. The van der Waals surface area contributed by atoms with Crippen molar-refractivity contribution in [3.05, 3.63) is 47.5 Å². The highest BCUT2D eigenvalue weighted by atomic mass is 16.5. The van der Waals surface area contributed by atoms with Crippen molar-refractivity contribution in [1.29, 1.82) is 5.26 Å². The summed E-state index contributed by atoms with van der Waals surface area (Å²) < 4.78 is 10.7. The zero-order valence-electron chi connectivity index (χ0n) is 19.0. The molecule has 0 unspecified atom stereocenters. The molecule has 0 bridgehead atoms. The maximum atomic E-state index is 12.8. The molecule has 2 fully saturated rings. The van der Waals surface area contributed by atoms with Crippen LogP contribution in [0.4, 0.5) is 5.69 Å². The van der Waals surface area contributed by atoms with Crippen molar-refractivity contribution in [3.63, 3.8) is 0 Å². The number of amides is 1. The molecule has 2 aromatic carbocycles. The van der Waals surface area contributed by atoms with Gasteiger partial charge in [0.1, 0.15) is 30.0 Å². The number of hydrogen-bond donors (Lipinski definition) is 4. The molecule has 4 atom stereocenters. The van der Waals surface area contributed by atoms with Gasteiger partial charge in [0, 0.05) is 18.8 Å². The molecule has 2 aliphatic rings. The molecule has 0 radical (unpaired) electrons. The Kier molecular flexibility index (Phi) is 7.46. The number of fused-ring (bicyclic) bond motifs is 1. The van der Waals surface area contributed by atoms with Crippen LogP contribution in [0.2, 0.25) is 0 Å². The number of nitrogens with zero attached hydrogens (tertiary/aromatic N) is 2. The van der Waals surface area contributed by atoms with Crippen LogP contribution in [0.25, 0.3) is 16.3 Å². The van der Waals surface area contributed by atoms with Gasteiger partial charge in [-0.15, -0.1) is 0 Å². The topological polar surface area (TPSA) is 135 Å². The molecule has 180 valence electrons. The third-order valence-electron chi connectivity index (χ3n) is 6.48. The van der Waals surface area contributed by atoms with Crippen LogP contribution in [0.1, 0.15) is 12.5 Å². The number of nitriles is 1. The number of morpholine rings is 1. The van der Waals surface area contributed by atoms with E-state index < -0.39 is 36.9 Å². The van der Waals surface area contributed by atoms with E-state index >= 15 is 0 Å². The van der Waals surface area contributed by atoms with Gasteiger partial charge in [0.15, 0.2) is 0 Å². The molecule has 2 aliphatic heterocycles. The van der Waals surface area contributed by atoms with Crippen molar-refractivity contribution >= 4 is 27.9 Å². The normalized spacial score (nSPS) is 26.0. The minimum atomic E-state index is -1.34. The third-order valence-corrected chi connectivity index (χ3v) is 6.48. The Morgan fingerprint density at radius 1 is 1.15 bits per heavy atom. The van der Waals surface area contributed by atoms with E-state index in [-0.39, 0.29) is 12.2 Å². The Bertz CT molecular complexity index is 1120. The maximum Gasteiger partial charge on any atom is 0.262 e. The average molecular weight is 468 g/mol. The number of carbonyl (C=O) groups is 1. The molecule has 2 heterocycles. The van der Waals surface area contributed by atoms with Gasteiger partial charge in [0.25, 0.3) is 5.91 Å². The van der Waals surface area contributed by atoms with Gasteiger partial charge in [-0.1, -0.05) is 18.2 Å². The highest BCUT2D eigenvalue weighted by molar-refractivity contribution is 6.05. The van der Waals surface area contributed by atoms with Gasteiger partial charge in [-0.3, -0.25) is 4.79 Å². The first-order valence-corrected chi connectivity index (χ1v) is 11.3. The van der Waals surface area contributed by atoms with Crippen LogP contribution in [0, 0.1) is 11.3 Å². The molecule has 4 N–H and O–H groups in total. The van der Waals surface area contributed by atoms with E-state index in [0.717, 1.165) is 35.1 Å². The maximum absolute atomic E-state index is 12.8. The summed E-state index contributed by atoms with van der Waals surface area (Å²) in [5, 5.41) is 43.8. The summed E-state index contributed by atoms with van der Waals surface area (Å²) in [6, 6.07) is 13.0. The highest BCUT2D eigenvalue weighted by Gasteiger charge is 2.39. The number of benzene rings is 2. The van der Waals surface area contributed by atoms with Crippen molar-refractivity contribution in [3.8, 4) is 6.07 Å². The van der Waals surface area contributed by atoms with Crippen LogP contribution in [-0.4, -0.2) is 85.1 Å². The van der Waals surface area contributed by atoms with Crippen molar-refractivity contribution in [2.45, 2.75) is 31.3 Å². The van der Waals surface area contributed by atoms with E-state index in [1.807, 2.05) is 30.3 Å². The molecule has 0 aliphatic carbocycles. The van der Waals surface area contributed by atoms with Gasteiger partial charge >= 0.3 is 0 Å². The molecule has 0 aromatic heterocycles. The first-order chi connectivity index (χ1) is 16.4. The Hall–Kier alpha value is -3.00. The largest absolute Gasteiger partial charge is 0.394 e. The van der Waals surface area contributed by atoms with Gasteiger partial charge in [0.05, 0.1) is 32.5 Å². The Labute approximate surface area is 197 Å². The van der Waals surface area contributed by atoms with Crippen LogP contribution in [0.5, 0.6) is 0 Å². The van der Waals surface area contributed by atoms with Crippen LogP contribution in [-0.2, 0) is 14.3 Å². The monoisotopic (exact) mass is 467 g/mol. The number of carbonyl (C=O) groups excluding carboxylic acids is 1. The summed E-state index contributed by atoms with van der Waals surface area (Å²) in [7, 11) is 0. The number of anilines is 1. The zero-order chi connectivity index (χ0) is 24.2. The van der Waals surface area contributed by atoms with Crippen molar-refractivity contribution < 1.29 is 29.6 Å². The van der Waals surface area contributed by atoms with Crippen molar-refractivity contribution in [1.82, 2.24) is 5.32 Å². The third kappa shape index (κ3) is 4.92. The first-order valence-electron chi connectivity index (χ1n) is 11.3. The molecule has 1 amide bonds. The number of aliphatic hydroxyl groups is 3. The molecule has 9 nitrogen and oxygen atoms in total. The number of nitrogens with one attached hydrogen (secondary N) is 1. The minimum Gasteiger partial charge on any atom is -0.394 e. The number of allylic oxidation sites excluding steroid dienone is 1. The van der Waals surface area contributed by atoms with E-state index in [1.54, 1.807) is 6.92 Å². The second kappa shape index (κ2) is 10.5. The fourth-order valence-corrected chi connectivity index (χ4v) is 4.34. The SMILES string of the molecule is C/C(=C(/C#N)C(=O)N[C@H]1CO[C@H](CO)[C@@H](O)[C@@H]1O)c1ccc2cc(N3CCOCC3)ccc2c1. The lowest BCUT2D eigenvalue weighted by Crippen LogP contribution is -2.60. The van der Waals surface area contributed by atoms with Crippen LogP contribution < -0.4 is 10.2 Å². The van der Waals surface area contributed by atoms with E-state index in [0.29, 0.717) is 18.8 Å². The van der Waals surface area contributed by atoms with E-state index in [2.05, 4.69) is 22.3 Å². The van der Waals surface area contributed by atoms with Gasteiger partial charge < -0.3 is 35.0 Å². The van der Waals surface area contributed by atoms with Crippen LogP contribution >= 0.6 is 0 Å². The number of ether oxygens (including phenoxy) is 2. The first kappa shape index (κ1) is 24.1. The van der Waals surface area contributed by atoms with Crippen LogP contribution in [0.3, 0.4) is 0 Å². The highest BCUT2D eigenvalue weighted by Crippen LogP contribution is 2.27. The molecule has 4 rings (SSSR count). The lowest BCUT2D eigenvalue weighted by Gasteiger charge is -2.37. The van der Waals surface area contributed by atoms with E-state index in [9.17, 15) is 25.4 Å². The second-order valence-electron chi connectivity index (χ2n) is 8.57. The van der Waals surface area contributed by atoms with Gasteiger partial charge in [-0.25, -0.2) is 0 Å². The smallest absolute Gasteiger partial charge is 0.262 e. The molecule has 2 aromatic rings. The molecule has 0 saturated carbocycles. The quantitative estimate of drug-likeness (QED) is 0.370. The second-order valence-corrected chi connectivity index (χ2v) is 8.57. The van der Waals surface area contributed by atoms with Gasteiger partial charge in [0.2, 0.25) is 0 Å². The number of aliphatic hydroxyl groups excluding tert-OH is 3. The predicted molar refractivity (Wildman–Crippen MR) is 126 cm³/mol. The minimum absolute atomic E-state index is 0.0877. The number of rotatable bonds is 5. The van der Waals surface area contributed by atoms with Gasteiger partial charge in [-0.2, -0.15) is 5.26 Å². The molecule has 34 heavy (non-hydrogen) atoms. The standard InChI is InChI=1S/C25H29N3O6/c1-15(20(12-26)25(32)27-21-14-34-22(13-29)24(31)23(21)30)16-2-3-18-11-19(5-4-17(18)10-16)28-6-8-33-9-7-28/h2-5,10-11,21-24,29-31H,6-9,13-14H2,1H3,(H,27,32)/b20-15+/t21-,22+,23+,24+/m0/s1. The van der Waals surface area contributed by atoms with E-state index in [4.69, 9.17) is 9.47 Å². The number of hydrogen-bond acceptors (Lipinski definition) is 8. The summed E-state index contributed by atoms with van der Waals surface area (Å²) in [6.45, 7) is 4.29. The van der Waals surface area contributed by atoms with Gasteiger partial charge in [-0.05, 0) is 47.0 Å². The van der Waals surface area contributed by atoms with Crippen molar-refractivity contribution in [2.75, 3.05) is 44.4 Å². The Morgan fingerprint density at radius 2 is 1.85 bits per heavy atom. The molecule has 9 heteroatoms.